The summed E-state index contributed by atoms with van der Waals surface area (Å²) in [7, 11) is 0. The van der Waals surface area contributed by atoms with E-state index >= 15 is 0 Å². The van der Waals surface area contributed by atoms with E-state index in [1.54, 1.807) is 4.68 Å². The number of nitrogens with one attached hydrogen (secondary N) is 1. The maximum absolute atomic E-state index is 12.1. The SMILES string of the molecule is C[C@H](NC(=O)Cn1nnc2ccccc21)[C@@H]1CCCO1. The van der Waals surface area contributed by atoms with Crippen molar-refractivity contribution in [2.24, 2.45) is 0 Å². The molecule has 1 aliphatic rings. The van der Waals surface area contributed by atoms with Gasteiger partial charge in [-0.1, -0.05) is 17.3 Å². The lowest BCUT2D eigenvalue weighted by Gasteiger charge is -2.19. The van der Waals surface area contributed by atoms with Gasteiger partial charge in [0.1, 0.15) is 12.1 Å². The Morgan fingerprint density at radius 1 is 1.55 bits per heavy atom. The molecule has 1 aromatic carbocycles. The number of ether oxygens (including phenoxy) is 1. The Labute approximate surface area is 117 Å². The van der Waals surface area contributed by atoms with E-state index in [1.165, 1.54) is 0 Å². The molecule has 3 rings (SSSR count). The Morgan fingerprint density at radius 2 is 2.40 bits per heavy atom. The monoisotopic (exact) mass is 274 g/mol. The van der Waals surface area contributed by atoms with E-state index in [2.05, 4.69) is 15.6 Å². The lowest BCUT2D eigenvalue weighted by atomic mass is 10.1. The predicted molar refractivity (Wildman–Crippen MR) is 74.1 cm³/mol. The van der Waals surface area contributed by atoms with E-state index in [9.17, 15) is 4.79 Å². The number of hydrogen-bond donors (Lipinski definition) is 1. The molecule has 2 heterocycles. The predicted octanol–water partition coefficient (Wildman–Crippen LogP) is 1.11. The van der Waals surface area contributed by atoms with Gasteiger partial charge >= 0.3 is 0 Å². The molecule has 0 bridgehead atoms. The van der Waals surface area contributed by atoms with Gasteiger partial charge in [-0.3, -0.25) is 4.79 Å². The summed E-state index contributed by atoms with van der Waals surface area (Å²) in [5, 5.41) is 11.0. The zero-order valence-electron chi connectivity index (χ0n) is 11.5. The maximum Gasteiger partial charge on any atom is 0.242 e. The van der Waals surface area contributed by atoms with Crippen molar-refractivity contribution in [1.82, 2.24) is 20.3 Å². The van der Waals surface area contributed by atoms with Gasteiger partial charge < -0.3 is 10.1 Å². The lowest BCUT2D eigenvalue weighted by molar-refractivity contribution is -0.123. The van der Waals surface area contributed by atoms with Crippen molar-refractivity contribution in [2.45, 2.75) is 38.5 Å². The average Bonchev–Trinajstić information content (AvgIpc) is 3.09. The van der Waals surface area contributed by atoms with Crippen LogP contribution in [-0.4, -0.2) is 39.7 Å². The summed E-state index contributed by atoms with van der Waals surface area (Å²) in [4.78, 5) is 12.1. The highest BCUT2D eigenvalue weighted by molar-refractivity contribution is 5.79. The molecule has 1 saturated heterocycles. The van der Waals surface area contributed by atoms with Gasteiger partial charge in [0.2, 0.25) is 5.91 Å². The second-order valence-electron chi connectivity index (χ2n) is 5.14. The highest BCUT2D eigenvalue weighted by Gasteiger charge is 2.23. The molecule has 1 N–H and O–H groups in total. The summed E-state index contributed by atoms with van der Waals surface area (Å²) in [5.41, 5.74) is 1.67. The largest absolute Gasteiger partial charge is 0.376 e. The molecule has 0 unspecified atom stereocenters. The highest BCUT2D eigenvalue weighted by atomic mass is 16.5. The van der Waals surface area contributed by atoms with Gasteiger partial charge in [-0.25, -0.2) is 4.68 Å². The Balaban J connectivity index is 1.63. The minimum atomic E-state index is -0.0661. The van der Waals surface area contributed by atoms with E-state index in [0.717, 1.165) is 30.5 Å². The van der Waals surface area contributed by atoms with E-state index in [-0.39, 0.29) is 24.6 Å². The van der Waals surface area contributed by atoms with Crippen LogP contribution in [-0.2, 0) is 16.1 Å². The van der Waals surface area contributed by atoms with Crippen LogP contribution in [0.15, 0.2) is 24.3 Å². The standard InChI is InChI=1S/C14H18N4O2/c1-10(13-7-4-8-20-13)15-14(19)9-18-12-6-3-2-5-11(12)16-17-18/h2-3,5-6,10,13H,4,7-9H2,1H3,(H,15,19)/t10-,13-/m0/s1. The fourth-order valence-corrected chi connectivity index (χ4v) is 2.56. The number of benzene rings is 1. The topological polar surface area (TPSA) is 69.0 Å². The van der Waals surface area contributed by atoms with E-state index in [4.69, 9.17) is 4.74 Å². The molecule has 2 aromatic rings. The molecular formula is C14H18N4O2. The Bertz CT molecular complexity index is 604. The van der Waals surface area contributed by atoms with Gasteiger partial charge in [0.25, 0.3) is 0 Å². The molecule has 0 spiro atoms. The summed E-state index contributed by atoms with van der Waals surface area (Å²) in [6.07, 6.45) is 2.21. The number of amides is 1. The smallest absolute Gasteiger partial charge is 0.242 e. The summed E-state index contributed by atoms with van der Waals surface area (Å²) >= 11 is 0. The minimum Gasteiger partial charge on any atom is -0.376 e. The lowest BCUT2D eigenvalue weighted by Crippen LogP contribution is -2.42. The Morgan fingerprint density at radius 3 is 3.20 bits per heavy atom. The number of para-hydroxylation sites is 1. The molecule has 1 amide bonds. The molecule has 2 atom stereocenters. The molecular weight excluding hydrogens is 256 g/mol. The number of fused-ring (bicyclic) bond motifs is 1. The molecule has 20 heavy (non-hydrogen) atoms. The third kappa shape index (κ3) is 2.65. The van der Waals surface area contributed by atoms with Crippen molar-refractivity contribution >= 4 is 16.9 Å². The van der Waals surface area contributed by atoms with Gasteiger partial charge in [0.15, 0.2) is 0 Å². The zero-order valence-corrected chi connectivity index (χ0v) is 11.5. The number of nitrogens with zero attached hydrogens (tertiary/aromatic N) is 3. The van der Waals surface area contributed by atoms with Crippen LogP contribution in [0.4, 0.5) is 0 Å². The Hall–Kier alpha value is -1.95. The van der Waals surface area contributed by atoms with Crippen molar-refractivity contribution in [2.75, 3.05) is 6.61 Å². The second-order valence-corrected chi connectivity index (χ2v) is 5.14. The van der Waals surface area contributed by atoms with Gasteiger partial charge in [-0.15, -0.1) is 5.10 Å². The van der Waals surface area contributed by atoms with Gasteiger partial charge in [0.05, 0.1) is 17.7 Å². The Kier molecular flexibility index (Phi) is 3.64. The van der Waals surface area contributed by atoms with Crippen molar-refractivity contribution in [3.05, 3.63) is 24.3 Å². The van der Waals surface area contributed by atoms with E-state index < -0.39 is 0 Å². The van der Waals surface area contributed by atoms with Crippen LogP contribution in [0.5, 0.6) is 0 Å². The van der Waals surface area contributed by atoms with Crippen LogP contribution in [0.1, 0.15) is 19.8 Å². The first kappa shape index (κ1) is 13.1. The van der Waals surface area contributed by atoms with Crippen molar-refractivity contribution < 1.29 is 9.53 Å². The first-order chi connectivity index (χ1) is 9.74. The van der Waals surface area contributed by atoms with E-state index in [1.807, 2.05) is 31.2 Å². The molecule has 0 saturated carbocycles. The van der Waals surface area contributed by atoms with Crippen molar-refractivity contribution in [1.29, 1.82) is 0 Å². The molecule has 1 aromatic heterocycles. The first-order valence-corrected chi connectivity index (χ1v) is 6.93. The van der Waals surface area contributed by atoms with Gasteiger partial charge in [-0.2, -0.15) is 0 Å². The van der Waals surface area contributed by atoms with Crippen LogP contribution < -0.4 is 5.32 Å². The quantitative estimate of drug-likeness (QED) is 0.907. The molecule has 6 nitrogen and oxygen atoms in total. The van der Waals surface area contributed by atoms with Gasteiger partial charge in [-0.05, 0) is 31.9 Å². The molecule has 0 aliphatic carbocycles. The van der Waals surface area contributed by atoms with Crippen LogP contribution >= 0.6 is 0 Å². The number of rotatable bonds is 4. The van der Waals surface area contributed by atoms with Crippen LogP contribution in [0.25, 0.3) is 11.0 Å². The van der Waals surface area contributed by atoms with Crippen molar-refractivity contribution in [3.63, 3.8) is 0 Å². The number of carbonyl (C=O) groups excluding carboxylic acids is 1. The normalized spacial score (nSPS) is 20.1. The molecule has 1 fully saturated rings. The number of carbonyl (C=O) groups is 1. The average molecular weight is 274 g/mol. The summed E-state index contributed by atoms with van der Waals surface area (Å²) in [6.45, 7) is 2.95. The number of hydrogen-bond acceptors (Lipinski definition) is 4. The molecule has 0 radical (unpaired) electrons. The third-order valence-electron chi connectivity index (χ3n) is 3.62. The molecule has 6 heteroatoms. The maximum atomic E-state index is 12.1. The summed E-state index contributed by atoms with van der Waals surface area (Å²) < 4.78 is 7.19. The molecule has 106 valence electrons. The first-order valence-electron chi connectivity index (χ1n) is 6.93. The minimum absolute atomic E-state index is 0.0276. The van der Waals surface area contributed by atoms with Gasteiger partial charge in [0, 0.05) is 6.61 Å². The van der Waals surface area contributed by atoms with E-state index in [0.29, 0.717) is 0 Å². The van der Waals surface area contributed by atoms with Crippen LogP contribution in [0, 0.1) is 0 Å². The summed E-state index contributed by atoms with van der Waals surface area (Å²) in [6, 6.07) is 7.63. The number of aromatic nitrogens is 3. The zero-order chi connectivity index (χ0) is 13.9. The third-order valence-corrected chi connectivity index (χ3v) is 3.62. The van der Waals surface area contributed by atoms with Crippen molar-refractivity contribution in [3.8, 4) is 0 Å². The van der Waals surface area contributed by atoms with Crippen LogP contribution in [0.3, 0.4) is 0 Å². The second kappa shape index (κ2) is 5.58. The summed E-state index contributed by atoms with van der Waals surface area (Å²) in [5.74, 6) is -0.0661. The van der Waals surface area contributed by atoms with Crippen LogP contribution in [0.2, 0.25) is 0 Å². The fraction of sp³-hybridized carbons (Fsp3) is 0.500. The molecule has 1 aliphatic heterocycles. The fourth-order valence-electron chi connectivity index (χ4n) is 2.56. The highest BCUT2D eigenvalue weighted by Crippen LogP contribution is 2.15.